The zero-order chi connectivity index (χ0) is 14.6. The van der Waals surface area contributed by atoms with Gasteiger partial charge in [-0.25, -0.2) is 4.18 Å². The van der Waals surface area contributed by atoms with E-state index < -0.39 is 30.2 Å². The Morgan fingerprint density at radius 1 is 1.28 bits per heavy atom. The van der Waals surface area contributed by atoms with Crippen molar-refractivity contribution in [1.29, 1.82) is 0 Å². The van der Waals surface area contributed by atoms with Crippen LogP contribution in [-0.4, -0.2) is 28.5 Å². The fourth-order valence-electron chi connectivity index (χ4n) is 1.36. The molecular formula is C9H19F3O4SSi. The van der Waals surface area contributed by atoms with E-state index in [4.69, 9.17) is 4.43 Å². The Kier molecular flexibility index (Phi) is 6.31. The first-order chi connectivity index (χ1) is 7.91. The number of unbranched alkanes of at least 4 members (excludes halogenated alkanes) is 1. The molecule has 0 fully saturated rings. The molecule has 0 aliphatic rings. The molecule has 1 unspecified atom stereocenters. The Balaban J connectivity index is 4.48. The molecule has 110 valence electrons. The van der Waals surface area contributed by atoms with Crippen molar-refractivity contribution < 1.29 is 30.2 Å². The molecule has 0 aromatic rings. The maximum atomic E-state index is 12.1. The van der Waals surface area contributed by atoms with Crippen LogP contribution in [0.15, 0.2) is 0 Å². The Morgan fingerprint density at radius 3 is 2.17 bits per heavy atom. The number of hydrogen-bond acceptors (Lipinski definition) is 4. The normalized spacial score (nSPS) is 15.7. The molecule has 0 radical (unpaired) electrons. The van der Waals surface area contributed by atoms with E-state index in [1.807, 2.05) is 20.0 Å². The van der Waals surface area contributed by atoms with Crippen molar-refractivity contribution in [2.45, 2.75) is 57.6 Å². The summed E-state index contributed by atoms with van der Waals surface area (Å²) in [5.41, 5.74) is -5.42. The van der Waals surface area contributed by atoms with Gasteiger partial charge in [-0.3, -0.25) is 0 Å². The highest BCUT2D eigenvalue weighted by atomic mass is 32.2. The molecular weight excluding hydrogens is 289 g/mol. The summed E-state index contributed by atoms with van der Waals surface area (Å²) in [6.07, 6.45) is 0.406. The molecule has 18 heavy (non-hydrogen) atoms. The van der Waals surface area contributed by atoms with Gasteiger partial charge in [0.05, 0.1) is 0 Å². The standard InChI is InChI=1S/C9H19F3O4SSi/c1-5-6-7-18(3,4)16-8(2)15-17(13,14)9(10,11)12/h8H,5-7H2,1-4H3. The Morgan fingerprint density at radius 2 is 1.78 bits per heavy atom. The van der Waals surface area contributed by atoms with E-state index in [0.29, 0.717) is 0 Å². The first-order valence-electron chi connectivity index (χ1n) is 5.58. The molecule has 0 saturated heterocycles. The van der Waals surface area contributed by atoms with Gasteiger partial charge in [-0.2, -0.15) is 21.6 Å². The maximum Gasteiger partial charge on any atom is 0.523 e. The third-order valence-electron chi connectivity index (χ3n) is 2.16. The summed E-state index contributed by atoms with van der Waals surface area (Å²) >= 11 is 0. The van der Waals surface area contributed by atoms with Gasteiger partial charge in [0.15, 0.2) is 14.6 Å². The van der Waals surface area contributed by atoms with Crippen molar-refractivity contribution in [2.24, 2.45) is 0 Å². The van der Waals surface area contributed by atoms with Crippen LogP contribution >= 0.6 is 0 Å². The van der Waals surface area contributed by atoms with E-state index in [1.54, 1.807) is 0 Å². The van der Waals surface area contributed by atoms with Gasteiger partial charge in [0.25, 0.3) is 0 Å². The lowest BCUT2D eigenvalue weighted by Gasteiger charge is -2.26. The van der Waals surface area contributed by atoms with Crippen LogP contribution in [0.1, 0.15) is 26.7 Å². The first kappa shape index (κ1) is 17.9. The molecule has 0 N–H and O–H groups in total. The van der Waals surface area contributed by atoms with Crippen molar-refractivity contribution in [2.75, 3.05) is 0 Å². The quantitative estimate of drug-likeness (QED) is 0.314. The van der Waals surface area contributed by atoms with Crippen molar-refractivity contribution in [1.82, 2.24) is 0 Å². The number of rotatable bonds is 7. The molecule has 0 rings (SSSR count). The Bertz CT molecular complexity index is 353. The molecule has 0 aromatic carbocycles. The van der Waals surface area contributed by atoms with E-state index in [1.165, 1.54) is 0 Å². The summed E-state index contributed by atoms with van der Waals surface area (Å²) in [7, 11) is -7.80. The number of halogens is 3. The zero-order valence-corrected chi connectivity index (χ0v) is 12.7. The second kappa shape index (κ2) is 6.35. The van der Waals surface area contributed by atoms with Crippen LogP contribution in [-0.2, 0) is 18.7 Å². The van der Waals surface area contributed by atoms with Crippen molar-refractivity contribution in [3.63, 3.8) is 0 Å². The van der Waals surface area contributed by atoms with E-state index >= 15 is 0 Å². The zero-order valence-electron chi connectivity index (χ0n) is 10.9. The van der Waals surface area contributed by atoms with Gasteiger partial charge in [0, 0.05) is 0 Å². The van der Waals surface area contributed by atoms with E-state index in [9.17, 15) is 21.6 Å². The molecule has 4 nitrogen and oxygen atoms in total. The highest BCUT2D eigenvalue weighted by Gasteiger charge is 2.48. The van der Waals surface area contributed by atoms with Gasteiger partial charge in [0.2, 0.25) is 0 Å². The summed E-state index contributed by atoms with van der Waals surface area (Å²) in [5.74, 6) is 0. The largest absolute Gasteiger partial charge is 0.523 e. The maximum absolute atomic E-state index is 12.1. The van der Waals surface area contributed by atoms with Crippen LogP contribution < -0.4 is 0 Å². The minimum atomic E-state index is -5.59. The summed E-state index contributed by atoms with van der Waals surface area (Å²) in [6.45, 7) is 6.76. The van der Waals surface area contributed by atoms with Gasteiger partial charge in [0.1, 0.15) is 0 Å². The van der Waals surface area contributed by atoms with Crippen molar-refractivity contribution in [3.05, 3.63) is 0 Å². The predicted molar refractivity (Wildman–Crippen MR) is 63.8 cm³/mol. The molecule has 0 amide bonds. The van der Waals surface area contributed by atoms with Crippen molar-refractivity contribution in [3.8, 4) is 0 Å². The summed E-state index contributed by atoms with van der Waals surface area (Å²) in [6, 6.07) is 0.739. The highest BCUT2D eigenvalue weighted by Crippen LogP contribution is 2.27. The van der Waals surface area contributed by atoms with E-state index in [2.05, 4.69) is 4.18 Å². The monoisotopic (exact) mass is 308 g/mol. The predicted octanol–water partition coefficient (Wildman–Crippen LogP) is 3.22. The SMILES string of the molecule is CCCC[Si](C)(C)OC(C)OS(=O)(=O)C(F)(F)F. The third kappa shape index (κ3) is 6.16. The lowest BCUT2D eigenvalue weighted by molar-refractivity contribution is -0.0706. The first-order valence-corrected chi connectivity index (χ1v) is 10.1. The second-order valence-electron chi connectivity index (χ2n) is 4.54. The minimum Gasteiger partial charge on any atom is -0.392 e. The van der Waals surface area contributed by atoms with Crippen LogP contribution in [0.4, 0.5) is 13.2 Å². The Hall–Kier alpha value is -0.123. The summed E-state index contributed by atoms with van der Waals surface area (Å²) < 4.78 is 67.0. The average Bonchev–Trinajstić information content (AvgIpc) is 2.10. The number of hydrogen-bond donors (Lipinski definition) is 0. The van der Waals surface area contributed by atoms with Crippen LogP contribution in [0.25, 0.3) is 0 Å². The van der Waals surface area contributed by atoms with Crippen LogP contribution in [0, 0.1) is 0 Å². The van der Waals surface area contributed by atoms with Crippen LogP contribution in [0.5, 0.6) is 0 Å². The molecule has 0 aliphatic carbocycles. The number of alkyl halides is 3. The fraction of sp³-hybridized carbons (Fsp3) is 1.00. The molecule has 0 heterocycles. The van der Waals surface area contributed by atoms with Gasteiger partial charge < -0.3 is 4.43 Å². The summed E-state index contributed by atoms with van der Waals surface area (Å²) in [5, 5.41) is 0. The summed E-state index contributed by atoms with van der Waals surface area (Å²) in [4.78, 5) is 0. The van der Waals surface area contributed by atoms with Gasteiger partial charge in [-0.1, -0.05) is 19.8 Å². The topological polar surface area (TPSA) is 52.6 Å². The molecule has 9 heteroatoms. The minimum absolute atomic E-state index is 0.739. The smallest absolute Gasteiger partial charge is 0.392 e. The highest BCUT2D eigenvalue weighted by molar-refractivity contribution is 7.87. The fourth-order valence-corrected chi connectivity index (χ4v) is 4.21. The van der Waals surface area contributed by atoms with Gasteiger partial charge in [-0.05, 0) is 26.1 Å². The molecule has 0 bridgehead atoms. The van der Waals surface area contributed by atoms with Crippen LogP contribution in [0.2, 0.25) is 19.1 Å². The van der Waals surface area contributed by atoms with Gasteiger partial charge in [-0.15, -0.1) is 0 Å². The average molecular weight is 308 g/mol. The molecule has 0 spiro atoms. The molecule has 1 atom stereocenters. The van der Waals surface area contributed by atoms with Crippen LogP contribution in [0.3, 0.4) is 0 Å². The van der Waals surface area contributed by atoms with Crippen molar-refractivity contribution >= 4 is 18.4 Å². The Labute approximate surface area is 107 Å². The van der Waals surface area contributed by atoms with E-state index in [-0.39, 0.29) is 0 Å². The van der Waals surface area contributed by atoms with E-state index in [0.717, 1.165) is 25.8 Å². The molecule has 0 saturated carbocycles. The molecule has 0 aromatic heterocycles. The van der Waals surface area contributed by atoms with Gasteiger partial charge >= 0.3 is 15.6 Å². The third-order valence-corrected chi connectivity index (χ3v) is 5.78. The second-order valence-corrected chi connectivity index (χ2v) is 10.4. The molecule has 0 aliphatic heterocycles. The lowest BCUT2D eigenvalue weighted by atomic mass is 10.4. The lowest BCUT2D eigenvalue weighted by Crippen LogP contribution is -2.38.